The summed E-state index contributed by atoms with van der Waals surface area (Å²) in [5, 5.41) is 8.67. The van der Waals surface area contributed by atoms with Crippen LogP contribution >= 0.6 is 0 Å². The van der Waals surface area contributed by atoms with Crippen LogP contribution in [-0.2, 0) is 4.74 Å². The molecule has 0 amide bonds. The number of piperidine rings is 1. The maximum absolute atomic E-state index is 5.57. The smallest absolute Gasteiger partial charge is 0.172 e. The second kappa shape index (κ2) is 8.18. The van der Waals surface area contributed by atoms with Gasteiger partial charge in [-0.2, -0.15) is 0 Å². The zero-order chi connectivity index (χ0) is 20.5. The van der Waals surface area contributed by atoms with Gasteiger partial charge >= 0.3 is 0 Å². The van der Waals surface area contributed by atoms with Crippen LogP contribution in [0.15, 0.2) is 30.6 Å². The van der Waals surface area contributed by atoms with E-state index in [2.05, 4.69) is 38.4 Å². The van der Waals surface area contributed by atoms with Gasteiger partial charge in [0.25, 0.3) is 0 Å². The van der Waals surface area contributed by atoms with Crippen molar-refractivity contribution in [2.75, 3.05) is 49.2 Å². The number of aromatic nitrogens is 5. The van der Waals surface area contributed by atoms with Crippen molar-refractivity contribution >= 4 is 22.7 Å². The van der Waals surface area contributed by atoms with E-state index >= 15 is 0 Å². The molecular weight excluding hydrogens is 378 g/mol. The van der Waals surface area contributed by atoms with Crippen LogP contribution in [0.4, 0.5) is 11.6 Å². The molecule has 0 radical (unpaired) electrons. The lowest BCUT2D eigenvalue weighted by Crippen LogP contribution is -2.41. The molecule has 2 saturated heterocycles. The molecule has 2 aliphatic heterocycles. The van der Waals surface area contributed by atoms with Crippen LogP contribution in [0.1, 0.15) is 44.5 Å². The predicted molar refractivity (Wildman–Crippen MR) is 117 cm³/mol. The summed E-state index contributed by atoms with van der Waals surface area (Å²) in [5.41, 5.74) is 1.88. The standard InChI is InChI=1S/C22H29N7O/c1-16(2)29-15-23-26-20(29)17-6-5-9-28(14-17)22-21(27-10-12-30-13-11-27)24-18-7-3-4-8-19(18)25-22/h3-4,7-8,15-17H,5-6,9-14H2,1-2H3. The van der Waals surface area contributed by atoms with Crippen molar-refractivity contribution in [3.63, 3.8) is 0 Å². The number of rotatable bonds is 4. The first kappa shape index (κ1) is 19.2. The van der Waals surface area contributed by atoms with E-state index in [1.54, 1.807) is 0 Å². The predicted octanol–water partition coefficient (Wildman–Crippen LogP) is 3.02. The minimum absolute atomic E-state index is 0.342. The molecule has 0 bridgehead atoms. The van der Waals surface area contributed by atoms with E-state index in [0.29, 0.717) is 12.0 Å². The van der Waals surface area contributed by atoms with Gasteiger partial charge in [0.15, 0.2) is 11.6 Å². The Balaban J connectivity index is 1.51. The molecule has 0 N–H and O–H groups in total. The van der Waals surface area contributed by atoms with Crippen molar-refractivity contribution < 1.29 is 4.74 Å². The average molecular weight is 408 g/mol. The Morgan fingerprint density at radius 3 is 2.37 bits per heavy atom. The van der Waals surface area contributed by atoms with Gasteiger partial charge in [0, 0.05) is 38.1 Å². The number of hydrogen-bond donors (Lipinski definition) is 0. The molecule has 0 saturated carbocycles. The zero-order valence-electron chi connectivity index (χ0n) is 17.7. The third kappa shape index (κ3) is 3.60. The van der Waals surface area contributed by atoms with Gasteiger partial charge in [0.2, 0.25) is 0 Å². The lowest BCUT2D eigenvalue weighted by Gasteiger charge is -2.37. The number of benzene rings is 1. The van der Waals surface area contributed by atoms with Crippen molar-refractivity contribution in [2.24, 2.45) is 0 Å². The molecule has 30 heavy (non-hydrogen) atoms. The van der Waals surface area contributed by atoms with E-state index in [1.807, 2.05) is 30.6 Å². The summed E-state index contributed by atoms with van der Waals surface area (Å²) in [4.78, 5) is 14.8. The first-order valence-electron chi connectivity index (χ1n) is 10.9. The fourth-order valence-corrected chi connectivity index (χ4v) is 4.50. The monoisotopic (exact) mass is 407 g/mol. The average Bonchev–Trinajstić information content (AvgIpc) is 3.29. The van der Waals surface area contributed by atoms with Crippen molar-refractivity contribution in [1.82, 2.24) is 24.7 Å². The van der Waals surface area contributed by atoms with Gasteiger partial charge in [-0.05, 0) is 38.8 Å². The number of anilines is 2. The molecule has 2 aliphatic rings. The molecule has 0 aliphatic carbocycles. The third-order valence-corrected chi connectivity index (χ3v) is 6.09. The highest BCUT2D eigenvalue weighted by atomic mass is 16.5. The van der Waals surface area contributed by atoms with E-state index in [0.717, 1.165) is 80.7 Å². The highest BCUT2D eigenvalue weighted by molar-refractivity contribution is 5.81. The molecule has 8 heteroatoms. The minimum atomic E-state index is 0.342. The van der Waals surface area contributed by atoms with Gasteiger partial charge < -0.3 is 19.1 Å². The molecule has 1 atom stereocenters. The summed E-state index contributed by atoms with van der Waals surface area (Å²) in [7, 11) is 0. The highest BCUT2D eigenvalue weighted by Gasteiger charge is 2.30. The van der Waals surface area contributed by atoms with Gasteiger partial charge in [0.05, 0.1) is 24.2 Å². The van der Waals surface area contributed by atoms with E-state index in [1.165, 1.54) is 0 Å². The molecule has 5 rings (SSSR count). The lowest BCUT2D eigenvalue weighted by molar-refractivity contribution is 0.122. The maximum atomic E-state index is 5.57. The number of fused-ring (bicyclic) bond motifs is 1. The van der Waals surface area contributed by atoms with Crippen LogP contribution in [-0.4, -0.2) is 64.1 Å². The molecule has 0 spiro atoms. The van der Waals surface area contributed by atoms with E-state index in [4.69, 9.17) is 14.7 Å². The first-order chi connectivity index (χ1) is 14.7. The number of ether oxygens (including phenoxy) is 1. The normalized spacial score (nSPS) is 20.3. The Kier molecular flexibility index (Phi) is 5.25. The lowest BCUT2D eigenvalue weighted by atomic mass is 9.96. The minimum Gasteiger partial charge on any atom is -0.378 e. The molecule has 2 fully saturated rings. The van der Waals surface area contributed by atoms with Crippen molar-refractivity contribution in [3.8, 4) is 0 Å². The van der Waals surface area contributed by atoms with Crippen LogP contribution in [0.2, 0.25) is 0 Å². The highest BCUT2D eigenvalue weighted by Crippen LogP contribution is 2.34. The Bertz CT molecular complexity index is 1010. The van der Waals surface area contributed by atoms with Gasteiger partial charge in [-0.3, -0.25) is 0 Å². The largest absolute Gasteiger partial charge is 0.378 e. The van der Waals surface area contributed by atoms with Crippen LogP contribution in [0, 0.1) is 0 Å². The Labute approximate surface area is 176 Å². The third-order valence-electron chi connectivity index (χ3n) is 6.09. The first-order valence-corrected chi connectivity index (χ1v) is 10.9. The Morgan fingerprint density at radius 2 is 1.67 bits per heavy atom. The van der Waals surface area contributed by atoms with Crippen LogP contribution in [0.25, 0.3) is 11.0 Å². The van der Waals surface area contributed by atoms with E-state index in [-0.39, 0.29) is 0 Å². The fourth-order valence-electron chi connectivity index (χ4n) is 4.50. The summed E-state index contributed by atoms with van der Waals surface area (Å²) in [6.45, 7) is 9.38. The van der Waals surface area contributed by atoms with Gasteiger partial charge in [-0.15, -0.1) is 10.2 Å². The number of nitrogens with zero attached hydrogens (tertiary/aromatic N) is 7. The number of morpholine rings is 1. The molecular formula is C22H29N7O. The summed E-state index contributed by atoms with van der Waals surface area (Å²) in [6, 6.07) is 8.50. The Morgan fingerprint density at radius 1 is 0.967 bits per heavy atom. The van der Waals surface area contributed by atoms with Gasteiger partial charge in [0.1, 0.15) is 12.2 Å². The second-order valence-electron chi connectivity index (χ2n) is 8.43. The number of hydrogen-bond acceptors (Lipinski definition) is 7. The number of para-hydroxylation sites is 2. The molecule has 158 valence electrons. The van der Waals surface area contributed by atoms with Gasteiger partial charge in [-0.25, -0.2) is 9.97 Å². The van der Waals surface area contributed by atoms with Crippen LogP contribution in [0.5, 0.6) is 0 Å². The quantitative estimate of drug-likeness (QED) is 0.658. The van der Waals surface area contributed by atoms with Gasteiger partial charge in [-0.1, -0.05) is 12.1 Å². The summed E-state index contributed by atoms with van der Waals surface area (Å²) >= 11 is 0. The molecule has 2 aromatic heterocycles. The van der Waals surface area contributed by atoms with Crippen LogP contribution in [0.3, 0.4) is 0 Å². The maximum Gasteiger partial charge on any atom is 0.172 e. The molecule has 1 unspecified atom stereocenters. The van der Waals surface area contributed by atoms with E-state index < -0.39 is 0 Å². The molecule has 1 aromatic carbocycles. The van der Waals surface area contributed by atoms with E-state index in [9.17, 15) is 0 Å². The molecule has 3 aromatic rings. The second-order valence-corrected chi connectivity index (χ2v) is 8.43. The summed E-state index contributed by atoms with van der Waals surface area (Å²) in [6.07, 6.45) is 4.08. The molecule has 8 nitrogen and oxygen atoms in total. The van der Waals surface area contributed by atoms with Crippen molar-refractivity contribution in [3.05, 3.63) is 36.4 Å². The molecule has 4 heterocycles. The summed E-state index contributed by atoms with van der Waals surface area (Å²) in [5.74, 6) is 3.38. The zero-order valence-corrected chi connectivity index (χ0v) is 17.7. The SMILES string of the molecule is CC(C)n1cnnc1C1CCCN(c2nc3ccccc3nc2N2CCOCC2)C1. The Hall–Kier alpha value is -2.74. The topological polar surface area (TPSA) is 72.2 Å². The fraction of sp³-hybridized carbons (Fsp3) is 0.545. The van der Waals surface area contributed by atoms with Crippen LogP contribution < -0.4 is 9.80 Å². The van der Waals surface area contributed by atoms with Crippen molar-refractivity contribution in [1.29, 1.82) is 0 Å². The van der Waals surface area contributed by atoms with Crippen molar-refractivity contribution in [2.45, 2.75) is 38.6 Å². The summed E-state index contributed by atoms with van der Waals surface area (Å²) < 4.78 is 7.77.